The minimum Gasteiger partial charge on any atom is -0.366 e. The van der Waals surface area contributed by atoms with Gasteiger partial charge in [-0.1, -0.05) is 42.5 Å². The zero-order valence-corrected chi connectivity index (χ0v) is 19.7. The number of primary amides is 1. The second kappa shape index (κ2) is 8.92. The Morgan fingerprint density at radius 3 is 2.76 bits per heavy atom. The van der Waals surface area contributed by atoms with E-state index < -0.39 is 5.91 Å². The molecule has 0 spiro atoms. The number of benzene rings is 2. The van der Waals surface area contributed by atoms with Crippen LogP contribution >= 0.6 is 11.3 Å². The third-order valence-electron chi connectivity index (χ3n) is 6.16. The van der Waals surface area contributed by atoms with E-state index in [1.807, 2.05) is 18.2 Å². The summed E-state index contributed by atoms with van der Waals surface area (Å²) in [6.45, 7) is 4.59. The average molecular weight is 458 g/mol. The zero-order chi connectivity index (χ0) is 22.9. The van der Waals surface area contributed by atoms with Gasteiger partial charge in [0, 0.05) is 39.2 Å². The lowest BCUT2D eigenvalue weighted by molar-refractivity contribution is 0.100. The maximum Gasteiger partial charge on any atom is 0.250 e. The molecule has 7 heteroatoms. The van der Waals surface area contributed by atoms with E-state index in [-0.39, 0.29) is 0 Å². The van der Waals surface area contributed by atoms with Crippen molar-refractivity contribution >= 4 is 33.1 Å². The first kappa shape index (κ1) is 21.6. The largest absolute Gasteiger partial charge is 0.366 e. The van der Waals surface area contributed by atoms with Crippen molar-refractivity contribution in [2.75, 3.05) is 18.9 Å². The number of fused-ring (bicyclic) bond motifs is 2. The van der Waals surface area contributed by atoms with E-state index in [1.54, 1.807) is 17.4 Å². The molecule has 0 unspecified atom stereocenters. The van der Waals surface area contributed by atoms with Gasteiger partial charge in [0.2, 0.25) is 5.91 Å². The maximum absolute atomic E-state index is 12.0. The number of thiophene rings is 1. The summed E-state index contributed by atoms with van der Waals surface area (Å²) in [4.78, 5) is 25.5. The molecule has 1 aliphatic heterocycles. The number of hydrogen-bond donors (Lipinski definition) is 2. The molecule has 0 saturated heterocycles. The van der Waals surface area contributed by atoms with Crippen LogP contribution in [0.3, 0.4) is 0 Å². The van der Waals surface area contributed by atoms with Crippen molar-refractivity contribution < 1.29 is 4.79 Å². The van der Waals surface area contributed by atoms with Gasteiger partial charge in [-0.2, -0.15) is 0 Å². The van der Waals surface area contributed by atoms with E-state index in [9.17, 15) is 4.79 Å². The SMILES string of the molecule is Cc1sc2c(C(N)=O)cccc2c1-c1nc2c(c(NCc3ccccc3)n1)CCCN(C)C2. The highest BCUT2D eigenvalue weighted by atomic mass is 32.1. The van der Waals surface area contributed by atoms with Gasteiger partial charge in [0.1, 0.15) is 5.82 Å². The molecule has 0 radical (unpaired) electrons. The normalized spacial score (nSPS) is 14.1. The van der Waals surface area contributed by atoms with Gasteiger partial charge in [-0.3, -0.25) is 4.79 Å². The van der Waals surface area contributed by atoms with E-state index in [2.05, 4.69) is 48.5 Å². The van der Waals surface area contributed by atoms with Crippen LogP contribution in [0.1, 0.15) is 38.5 Å². The monoisotopic (exact) mass is 457 g/mol. The Morgan fingerprint density at radius 2 is 1.97 bits per heavy atom. The van der Waals surface area contributed by atoms with Crippen LogP contribution in [-0.2, 0) is 19.5 Å². The molecule has 33 heavy (non-hydrogen) atoms. The van der Waals surface area contributed by atoms with Crippen LogP contribution in [0, 0.1) is 6.92 Å². The first-order valence-electron chi connectivity index (χ1n) is 11.2. The number of carbonyl (C=O) groups excluding carboxylic acids is 1. The van der Waals surface area contributed by atoms with Gasteiger partial charge in [-0.05, 0) is 45.0 Å². The molecule has 0 fully saturated rings. The van der Waals surface area contributed by atoms with Crippen molar-refractivity contribution in [3.05, 3.63) is 75.8 Å². The van der Waals surface area contributed by atoms with Crippen molar-refractivity contribution in [3.63, 3.8) is 0 Å². The number of carbonyl (C=O) groups is 1. The molecule has 0 aliphatic carbocycles. The molecule has 0 saturated carbocycles. The summed E-state index contributed by atoms with van der Waals surface area (Å²) < 4.78 is 0.895. The second-order valence-electron chi connectivity index (χ2n) is 8.58. The fraction of sp³-hybridized carbons (Fsp3) is 0.269. The minimum atomic E-state index is -0.414. The highest BCUT2D eigenvalue weighted by Crippen LogP contribution is 2.39. The number of nitrogens with two attached hydrogens (primary N) is 1. The first-order valence-corrected chi connectivity index (χ1v) is 12.0. The molecule has 4 aromatic rings. The molecule has 2 aromatic heterocycles. The second-order valence-corrected chi connectivity index (χ2v) is 9.81. The lowest BCUT2D eigenvalue weighted by atomic mass is 10.1. The number of rotatable bonds is 5. The van der Waals surface area contributed by atoms with Crippen LogP contribution in [0.15, 0.2) is 48.5 Å². The van der Waals surface area contributed by atoms with Crippen LogP contribution in [0.2, 0.25) is 0 Å². The van der Waals surface area contributed by atoms with Gasteiger partial charge in [0.05, 0.1) is 11.3 Å². The molecule has 2 aromatic carbocycles. The predicted octanol–water partition coefficient (Wildman–Crippen LogP) is 4.76. The molecule has 0 bridgehead atoms. The van der Waals surface area contributed by atoms with Gasteiger partial charge in [0.15, 0.2) is 5.82 Å². The lowest BCUT2D eigenvalue weighted by Crippen LogP contribution is -2.18. The first-order chi connectivity index (χ1) is 16.0. The van der Waals surface area contributed by atoms with E-state index in [0.29, 0.717) is 17.9 Å². The molecule has 0 atom stereocenters. The highest BCUT2D eigenvalue weighted by molar-refractivity contribution is 7.20. The molecule has 1 amide bonds. The van der Waals surface area contributed by atoms with Crippen molar-refractivity contribution in [1.29, 1.82) is 0 Å². The summed E-state index contributed by atoms with van der Waals surface area (Å²) in [7, 11) is 2.14. The molecule has 3 N–H and O–H groups in total. The molecule has 3 heterocycles. The smallest absolute Gasteiger partial charge is 0.250 e. The van der Waals surface area contributed by atoms with Gasteiger partial charge >= 0.3 is 0 Å². The van der Waals surface area contributed by atoms with Crippen LogP contribution in [0.5, 0.6) is 0 Å². The number of nitrogens with one attached hydrogen (secondary N) is 1. The number of hydrogen-bond acceptors (Lipinski definition) is 6. The summed E-state index contributed by atoms with van der Waals surface area (Å²) >= 11 is 1.58. The molecule has 1 aliphatic rings. The lowest BCUT2D eigenvalue weighted by Gasteiger charge is -2.17. The number of amides is 1. The Morgan fingerprint density at radius 1 is 1.15 bits per heavy atom. The van der Waals surface area contributed by atoms with Gasteiger partial charge < -0.3 is 16.0 Å². The van der Waals surface area contributed by atoms with E-state index in [1.165, 1.54) is 11.1 Å². The van der Waals surface area contributed by atoms with Crippen LogP contribution in [0.4, 0.5) is 5.82 Å². The molecular formula is C26H27N5OS. The van der Waals surface area contributed by atoms with Gasteiger partial charge in [-0.25, -0.2) is 9.97 Å². The van der Waals surface area contributed by atoms with Gasteiger partial charge in [-0.15, -0.1) is 11.3 Å². The number of anilines is 1. The molecular weight excluding hydrogens is 430 g/mol. The summed E-state index contributed by atoms with van der Waals surface area (Å²) in [5.41, 5.74) is 10.7. The third-order valence-corrected chi connectivity index (χ3v) is 7.32. The molecule has 168 valence electrons. The van der Waals surface area contributed by atoms with Crippen molar-refractivity contribution in [3.8, 4) is 11.4 Å². The third kappa shape index (κ3) is 4.21. The Bertz CT molecular complexity index is 1330. The quantitative estimate of drug-likeness (QED) is 0.452. The predicted molar refractivity (Wildman–Crippen MR) is 135 cm³/mol. The summed E-state index contributed by atoms with van der Waals surface area (Å²) in [6, 6.07) is 16.0. The Hall–Kier alpha value is -3.29. The van der Waals surface area contributed by atoms with Crippen molar-refractivity contribution in [2.24, 2.45) is 5.73 Å². The van der Waals surface area contributed by atoms with E-state index >= 15 is 0 Å². The van der Waals surface area contributed by atoms with E-state index in [0.717, 1.165) is 58.0 Å². The summed E-state index contributed by atoms with van der Waals surface area (Å²) in [5, 5.41) is 4.57. The standard InChI is InChI=1S/C26H27N5OS/c1-16-22(19-10-6-11-20(24(27)32)23(19)33-16)26-29-21-15-31(2)13-7-12-18(21)25(30-26)28-14-17-8-4-3-5-9-17/h3-6,8-11H,7,12-15H2,1-2H3,(H2,27,32)(H,28,29,30). The van der Waals surface area contributed by atoms with Gasteiger partial charge in [0.25, 0.3) is 0 Å². The zero-order valence-electron chi connectivity index (χ0n) is 18.9. The maximum atomic E-state index is 12.0. The Labute approximate surface area is 197 Å². The number of aryl methyl sites for hydroxylation is 1. The van der Waals surface area contributed by atoms with Crippen LogP contribution in [-0.4, -0.2) is 34.4 Å². The molecule has 5 rings (SSSR count). The summed E-state index contributed by atoms with van der Waals surface area (Å²) in [5.74, 6) is 1.19. The topological polar surface area (TPSA) is 84.1 Å². The Kier molecular flexibility index (Phi) is 5.83. The fourth-order valence-corrected chi connectivity index (χ4v) is 5.70. The van der Waals surface area contributed by atoms with Crippen molar-refractivity contribution in [2.45, 2.75) is 32.9 Å². The van der Waals surface area contributed by atoms with Crippen molar-refractivity contribution in [1.82, 2.24) is 14.9 Å². The molecule has 6 nitrogen and oxygen atoms in total. The summed E-state index contributed by atoms with van der Waals surface area (Å²) in [6.07, 6.45) is 2.03. The Balaban J connectivity index is 1.65. The van der Waals surface area contributed by atoms with Crippen LogP contribution < -0.4 is 11.1 Å². The van der Waals surface area contributed by atoms with E-state index in [4.69, 9.17) is 15.7 Å². The fourth-order valence-electron chi connectivity index (χ4n) is 4.53. The number of aromatic nitrogens is 2. The minimum absolute atomic E-state index is 0.414. The van der Waals surface area contributed by atoms with Crippen LogP contribution in [0.25, 0.3) is 21.5 Å². The average Bonchev–Trinajstić information content (AvgIpc) is 3.02. The highest BCUT2D eigenvalue weighted by Gasteiger charge is 2.23. The number of nitrogens with zero attached hydrogens (tertiary/aromatic N) is 3.